The van der Waals surface area contributed by atoms with Gasteiger partial charge in [-0.2, -0.15) is 5.26 Å². The van der Waals surface area contributed by atoms with Crippen LogP contribution >= 0.6 is 11.8 Å². The van der Waals surface area contributed by atoms with E-state index in [1.54, 1.807) is 6.20 Å². The van der Waals surface area contributed by atoms with E-state index in [-0.39, 0.29) is 0 Å². The SMILES string of the molecule is N#CCSc1ncc2ccccn12. The fourth-order valence-corrected chi connectivity index (χ4v) is 1.75. The number of thioether (sulfide) groups is 1. The number of pyridine rings is 1. The number of aromatic nitrogens is 2. The first kappa shape index (κ1) is 8.14. The largest absolute Gasteiger partial charge is 0.295 e. The molecule has 2 heterocycles. The van der Waals surface area contributed by atoms with E-state index in [9.17, 15) is 0 Å². The Morgan fingerprint density at radius 3 is 3.31 bits per heavy atom. The van der Waals surface area contributed by atoms with Crippen LogP contribution in [0, 0.1) is 11.3 Å². The molecule has 0 fully saturated rings. The second kappa shape index (κ2) is 3.50. The molecular weight excluding hydrogens is 182 g/mol. The number of nitriles is 1. The Labute approximate surface area is 80.0 Å². The quantitative estimate of drug-likeness (QED) is 0.678. The predicted molar refractivity (Wildman–Crippen MR) is 51.5 cm³/mol. The van der Waals surface area contributed by atoms with Gasteiger partial charge < -0.3 is 0 Å². The Balaban J connectivity index is 2.41. The van der Waals surface area contributed by atoms with Gasteiger partial charge >= 0.3 is 0 Å². The lowest BCUT2D eigenvalue weighted by atomic mass is 10.4. The standard InChI is InChI=1S/C9H7N3S/c10-4-6-13-9-11-7-8-3-1-2-5-12(8)9/h1-3,5,7H,6H2. The van der Waals surface area contributed by atoms with Gasteiger partial charge in [0.1, 0.15) is 0 Å². The van der Waals surface area contributed by atoms with Gasteiger partial charge in [0, 0.05) is 6.20 Å². The number of hydrogen-bond acceptors (Lipinski definition) is 3. The maximum absolute atomic E-state index is 8.43. The van der Waals surface area contributed by atoms with Crippen LogP contribution < -0.4 is 0 Å². The zero-order chi connectivity index (χ0) is 9.10. The lowest BCUT2D eigenvalue weighted by Gasteiger charge is -1.95. The van der Waals surface area contributed by atoms with Crippen LogP contribution in [0.1, 0.15) is 0 Å². The molecule has 2 aromatic heterocycles. The second-order valence-electron chi connectivity index (χ2n) is 2.48. The molecule has 0 aromatic carbocycles. The van der Waals surface area contributed by atoms with Crippen molar-refractivity contribution >= 4 is 17.3 Å². The zero-order valence-corrected chi connectivity index (χ0v) is 7.66. The summed E-state index contributed by atoms with van der Waals surface area (Å²) in [5.41, 5.74) is 1.06. The van der Waals surface area contributed by atoms with Crippen molar-refractivity contribution in [2.24, 2.45) is 0 Å². The topological polar surface area (TPSA) is 41.1 Å². The van der Waals surface area contributed by atoms with Crippen LogP contribution in [0.15, 0.2) is 35.7 Å². The first-order valence-electron chi connectivity index (χ1n) is 3.83. The Kier molecular flexibility index (Phi) is 2.19. The molecule has 0 unspecified atom stereocenters. The number of fused-ring (bicyclic) bond motifs is 1. The summed E-state index contributed by atoms with van der Waals surface area (Å²) < 4.78 is 1.97. The van der Waals surface area contributed by atoms with Crippen LogP contribution in [0.4, 0.5) is 0 Å². The Hall–Kier alpha value is -1.47. The molecule has 4 heteroatoms. The third-order valence-electron chi connectivity index (χ3n) is 1.67. The summed E-state index contributed by atoms with van der Waals surface area (Å²) in [4.78, 5) is 4.21. The molecule has 0 atom stereocenters. The molecular formula is C9H7N3S. The molecule has 0 aliphatic rings. The molecule has 0 amide bonds. The Morgan fingerprint density at radius 2 is 2.46 bits per heavy atom. The van der Waals surface area contributed by atoms with Gasteiger partial charge in [0.25, 0.3) is 0 Å². The van der Waals surface area contributed by atoms with Crippen LogP contribution in [-0.4, -0.2) is 15.1 Å². The molecule has 0 spiro atoms. The average Bonchev–Trinajstić information content (AvgIpc) is 2.58. The van der Waals surface area contributed by atoms with Crippen LogP contribution in [-0.2, 0) is 0 Å². The van der Waals surface area contributed by atoms with Crippen molar-refractivity contribution in [3.05, 3.63) is 30.6 Å². The van der Waals surface area contributed by atoms with Gasteiger partial charge in [0.15, 0.2) is 5.16 Å². The molecule has 0 bridgehead atoms. The number of nitrogens with zero attached hydrogens (tertiary/aromatic N) is 3. The number of imidazole rings is 1. The molecule has 0 radical (unpaired) electrons. The van der Waals surface area contributed by atoms with Crippen molar-refractivity contribution < 1.29 is 0 Å². The van der Waals surface area contributed by atoms with Gasteiger partial charge in [0.2, 0.25) is 0 Å². The molecule has 3 nitrogen and oxygen atoms in total. The predicted octanol–water partition coefficient (Wildman–Crippen LogP) is 1.95. The van der Waals surface area contributed by atoms with Gasteiger partial charge in [-0.1, -0.05) is 17.8 Å². The average molecular weight is 189 g/mol. The molecule has 2 rings (SSSR count). The van der Waals surface area contributed by atoms with Gasteiger partial charge in [0.05, 0.1) is 23.5 Å². The molecule has 0 N–H and O–H groups in total. The van der Waals surface area contributed by atoms with E-state index in [0.717, 1.165) is 10.7 Å². The van der Waals surface area contributed by atoms with Crippen molar-refractivity contribution in [1.29, 1.82) is 5.26 Å². The van der Waals surface area contributed by atoms with Crippen LogP contribution in [0.5, 0.6) is 0 Å². The maximum atomic E-state index is 8.43. The van der Waals surface area contributed by atoms with Crippen LogP contribution in [0.25, 0.3) is 5.52 Å². The lowest BCUT2D eigenvalue weighted by molar-refractivity contribution is 0.960. The van der Waals surface area contributed by atoms with Gasteiger partial charge in [-0.3, -0.25) is 4.40 Å². The fraction of sp³-hybridized carbons (Fsp3) is 0.111. The third-order valence-corrected chi connectivity index (χ3v) is 2.50. The molecule has 0 aliphatic heterocycles. The normalized spacial score (nSPS) is 10.1. The number of hydrogen-bond donors (Lipinski definition) is 0. The van der Waals surface area contributed by atoms with Crippen molar-refractivity contribution in [3.8, 4) is 6.07 Å². The summed E-state index contributed by atoms with van der Waals surface area (Å²) in [5, 5.41) is 9.30. The van der Waals surface area contributed by atoms with Crippen LogP contribution in [0.3, 0.4) is 0 Å². The summed E-state index contributed by atoms with van der Waals surface area (Å²) in [6.07, 6.45) is 3.75. The highest BCUT2D eigenvalue weighted by Gasteiger charge is 2.01. The van der Waals surface area contributed by atoms with Gasteiger partial charge in [-0.25, -0.2) is 4.98 Å². The lowest BCUT2D eigenvalue weighted by Crippen LogP contribution is -1.85. The van der Waals surface area contributed by atoms with Gasteiger partial charge in [-0.05, 0) is 12.1 Å². The van der Waals surface area contributed by atoms with Crippen molar-refractivity contribution in [3.63, 3.8) is 0 Å². The number of rotatable bonds is 2. The van der Waals surface area contributed by atoms with Crippen LogP contribution in [0.2, 0.25) is 0 Å². The van der Waals surface area contributed by atoms with E-state index in [1.165, 1.54) is 11.8 Å². The maximum Gasteiger partial charge on any atom is 0.173 e. The Bertz CT molecular complexity index is 455. The van der Waals surface area contributed by atoms with E-state index >= 15 is 0 Å². The monoisotopic (exact) mass is 189 g/mol. The highest BCUT2D eigenvalue weighted by atomic mass is 32.2. The van der Waals surface area contributed by atoms with E-state index in [0.29, 0.717) is 5.75 Å². The molecule has 2 aromatic rings. The smallest absolute Gasteiger partial charge is 0.173 e. The van der Waals surface area contributed by atoms with Gasteiger partial charge in [-0.15, -0.1) is 0 Å². The summed E-state index contributed by atoms with van der Waals surface area (Å²) in [6.45, 7) is 0. The minimum absolute atomic E-state index is 0.438. The van der Waals surface area contributed by atoms with E-state index in [2.05, 4.69) is 11.1 Å². The molecule has 0 saturated carbocycles. The van der Waals surface area contributed by atoms with Crippen molar-refractivity contribution in [2.75, 3.05) is 5.75 Å². The third kappa shape index (κ3) is 1.51. The van der Waals surface area contributed by atoms with E-state index in [1.807, 2.05) is 28.8 Å². The minimum atomic E-state index is 0.438. The Morgan fingerprint density at radius 1 is 1.54 bits per heavy atom. The fourth-order valence-electron chi connectivity index (χ4n) is 1.12. The summed E-state index contributed by atoms with van der Waals surface area (Å²) in [7, 11) is 0. The van der Waals surface area contributed by atoms with Crippen molar-refractivity contribution in [1.82, 2.24) is 9.38 Å². The zero-order valence-electron chi connectivity index (χ0n) is 6.84. The first-order chi connectivity index (χ1) is 6.42. The van der Waals surface area contributed by atoms with Crippen molar-refractivity contribution in [2.45, 2.75) is 5.16 Å². The summed E-state index contributed by atoms with van der Waals surface area (Å²) in [6, 6.07) is 7.99. The highest BCUT2D eigenvalue weighted by Crippen LogP contribution is 2.17. The summed E-state index contributed by atoms with van der Waals surface area (Å²) >= 11 is 1.45. The minimum Gasteiger partial charge on any atom is -0.295 e. The molecule has 64 valence electrons. The molecule has 13 heavy (non-hydrogen) atoms. The van der Waals surface area contributed by atoms with E-state index < -0.39 is 0 Å². The molecule has 0 saturated heterocycles. The molecule has 0 aliphatic carbocycles. The second-order valence-corrected chi connectivity index (χ2v) is 3.43. The first-order valence-corrected chi connectivity index (χ1v) is 4.82. The summed E-state index contributed by atoms with van der Waals surface area (Å²) in [5.74, 6) is 0.438. The van der Waals surface area contributed by atoms with E-state index in [4.69, 9.17) is 5.26 Å². The highest BCUT2D eigenvalue weighted by molar-refractivity contribution is 7.99.